The molecule has 0 spiro atoms. The fourth-order valence-electron chi connectivity index (χ4n) is 4.41. The topological polar surface area (TPSA) is 86.8 Å². The van der Waals surface area contributed by atoms with Crippen molar-refractivity contribution in [3.05, 3.63) is 70.3 Å². The van der Waals surface area contributed by atoms with E-state index in [9.17, 15) is 19.2 Å². The maximum Gasteiger partial charge on any atom is 0.254 e. The van der Waals surface area contributed by atoms with Gasteiger partial charge in [-0.3, -0.25) is 19.2 Å². The van der Waals surface area contributed by atoms with Crippen LogP contribution in [0.5, 0.6) is 0 Å². The number of carbonyl (C=O) groups excluding carboxylic acids is 4. The lowest BCUT2D eigenvalue weighted by Gasteiger charge is -2.25. The van der Waals surface area contributed by atoms with Gasteiger partial charge in [-0.25, -0.2) is 0 Å². The highest BCUT2D eigenvalue weighted by atomic mass is 16.2. The summed E-state index contributed by atoms with van der Waals surface area (Å²) < 4.78 is 0. The molecule has 1 saturated heterocycles. The van der Waals surface area contributed by atoms with Crippen LogP contribution in [-0.2, 0) is 4.79 Å². The average molecular weight is 434 g/mol. The number of fused-ring (bicyclic) bond motifs is 2. The van der Waals surface area contributed by atoms with Crippen LogP contribution >= 0.6 is 0 Å². The van der Waals surface area contributed by atoms with Crippen LogP contribution in [0.15, 0.2) is 42.5 Å². The average Bonchev–Trinajstić information content (AvgIpc) is 3.29. The monoisotopic (exact) mass is 433 g/mol. The van der Waals surface area contributed by atoms with E-state index in [2.05, 4.69) is 10.2 Å². The number of likely N-dealkylation sites (tertiary alicyclic amines) is 1. The summed E-state index contributed by atoms with van der Waals surface area (Å²) in [6.45, 7) is 1.92. The zero-order valence-corrected chi connectivity index (χ0v) is 18.4. The molecule has 2 aliphatic rings. The highest BCUT2D eigenvalue weighted by Gasteiger charge is 2.36. The molecule has 0 bridgehead atoms. The Morgan fingerprint density at radius 1 is 1.00 bits per heavy atom. The van der Waals surface area contributed by atoms with Crippen LogP contribution in [0.4, 0.5) is 0 Å². The lowest BCUT2D eigenvalue weighted by molar-refractivity contribution is -0.124. The first-order chi connectivity index (χ1) is 15.4. The number of nitrogens with one attached hydrogen (secondary N) is 1. The Kier molecular flexibility index (Phi) is 6.19. The van der Waals surface area contributed by atoms with Gasteiger partial charge in [-0.05, 0) is 58.1 Å². The molecule has 0 aromatic heterocycles. The molecule has 1 unspecified atom stereocenters. The Morgan fingerprint density at radius 3 is 2.34 bits per heavy atom. The molecule has 4 rings (SSSR count). The summed E-state index contributed by atoms with van der Waals surface area (Å²) in [6, 6.07) is 10.8. The van der Waals surface area contributed by atoms with Crippen LogP contribution in [0.3, 0.4) is 0 Å². The van der Waals surface area contributed by atoms with Crippen molar-refractivity contribution in [2.24, 2.45) is 0 Å². The largest absolute Gasteiger partial charge is 0.354 e. The van der Waals surface area contributed by atoms with E-state index in [0.717, 1.165) is 19.4 Å². The molecule has 32 heavy (non-hydrogen) atoms. The van der Waals surface area contributed by atoms with Crippen molar-refractivity contribution >= 4 is 23.4 Å². The molecule has 7 nitrogen and oxygen atoms in total. The van der Waals surface area contributed by atoms with Crippen LogP contribution in [-0.4, -0.2) is 73.0 Å². The van der Waals surface area contributed by atoms with Crippen LogP contribution in [0, 0.1) is 0 Å². The second kappa shape index (κ2) is 9.04. The molecule has 1 aliphatic carbocycles. The second-order valence-corrected chi connectivity index (χ2v) is 8.57. The van der Waals surface area contributed by atoms with Gasteiger partial charge in [0.1, 0.15) is 6.04 Å². The molecule has 7 heteroatoms. The number of amides is 2. The van der Waals surface area contributed by atoms with E-state index in [1.54, 1.807) is 41.3 Å². The Labute approximate surface area is 187 Å². The van der Waals surface area contributed by atoms with Gasteiger partial charge < -0.3 is 15.1 Å². The molecular formula is C25H27N3O4. The van der Waals surface area contributed by atoms with E-state index in [1.807, 2.05) is 14.1 Å². The van der Waals surface area contributed by atoms with E-state index in [4.69, 9.17) is 0 Å². The van der Waals surface area contributed by atoms with E-state index < -0.39 is 6.04 Å². The standard InChI is InChI=1S/C25H27N3O4/c1-27(2)13-6-12-26-24(31)21-9-5-14-28(21)25(32)16-10-11-19-20(15-16)23(30)18-8-4-3-7-17(18)22(19)29/h3-4,7-8,10-11,15,21H,5-6,9,12-14H2,1-2H3,(H,26,31). The number of benzene rings is 2. The van der Waals surface area contributed by atoms with E-state index in [1.165, 1.54) is 6.07 Å². The number of nitrogens with zero attached hydrogens (tertiary/aromatic N) is 2. The third kappa shape index (κ3) is 4.08. The predicted octanol–water partition coefficient (Wildman–Crippen LogP) is 2.13. The van der Waals surface area contributed by atoms with Gasteiger partial charge in [-0.2, -0.15) is 0 Å². The van der Waals surface area contributed by atoms with Crippen LogP contribution < -0.4 is 5.32 Å². The van der Waals surface area contributed by atoms with Gasteiger partial charge >= 0.3 is 0 Å². The Balaban J connectivity index is 1.52. The Hall–Kier alpha value is -3.32. The smallest absolute Gasteiger partial charge is 0.254 e. The predicted molar refractivity (Wildman–Crippen MR) is 120 cm³/mol. The third-order valence-electron chi connectivity index (χ3n) is 6.07. The minimum Gasteiger partial charge on any atom is -0.354 e. The molecule has 1 atom stereocenters. The molecule has 0 saturated carbocycles. The number of rotatable bonds is 6. The van der Waals surface area contributed by atoms with Gasteiger partial charge in [0.2, 0.25) is 5.91 Å². The number of hydrogen-bond donors (Lipinski definition) is 1. The van der Waals surface area contributed by atoms with Crippen molar-refractivity contribution in [2.75, 3.05) is 33.7 Å². The summed E-state index contributed by atoms with van der Waals surface area (Å²) in [5.74, 6) is -0.919. The molecule has 2 aromatic rings. The summed E-state index contributed by atoms with van der Waals surface area (Å²) in [5.41, 5.74) is 1.60. The van der Waals surface area contributed by atoms with Crippen LogP contribution in [0.2, 0.25) is 0 Å². The van der Waals surface area contributed by atoms with Crippen molar-refractivity contribution in [3.8, 4) is 0 Å². The van der Waals surface area contributed by atoms with Crippen molar-refractivity contribution < 1.29 is 19.2 Å². The molecule has 166 valence electrons. The highest BCUT2D eigenvalue weighted by molar-refractivity contribution is 6.28. The van der Waals surface area contributed by atoms with Gasteiger partial charge in [-0.1, -0.05) is 24.3 Å². The number of ketones is 2. The lowest BCUT2D eigenvalue weighted by Crippen LogP contribution is -2.46. The first kappa shape index (κ1) is 21.9. The van der Waals surface area contributed by atoms with E-state index >= 15 is 0 Å². The van der Waals surface area contributed by atoms with Crippen LogP contribution in [0.1, 0.15) is 61.5 Å². The first-order valence-corrected chi connectivity index (χ1v) is 10.9. The van der Waals surface area contributed by atoms with Gasteiger partial charge in [-0.15, -0.1) is 0 Å². The zero-order valence-electron chi connectivity index (χ0n) is 18.4. The van der Waals surface area contributed by atoms with Gasteiger partial charge in [0.05, 0.1) is 0 Å². The van der Waals surface area contributed by atoms with Crippen molar-refractivity contribution in [3.63, 3.8) is 0 Å². The van der Waals surface area contributed by atoms with E-state index in [0.29, 0.717) is 41.8 Å². The summed E-state index contributed by atoms with van der Waals surface area (Å²) in [6.07, 6.45) is 2.19. The Bertz CT molecular complexity index is 1090. The lowest BCUT2D eigenvalue weighted by atomic mass is 9.83. The minimum absolute atomic E-state index is 0.146. The number of carbonyl (C=O) groups is 4. The normalized spacial score (nSPS) is 17.3. The first-order valence-electron chi connectivity index (χ1n) is 10.9. The molecule has 1 fully saturated rings. The maximum atomic E-state index is 13.2. The fraction of sp³-hybridized carbons (Fsp3) is 0.360. The summed E-state index contributed by atoms with van der Waals surface area (Å²) in [5, 5.41) is 2.93. The number of hydrogen-bond acceptors (Lipinski definition) is 5. The van der Waals surface area contributed by atoms with Gasteiger partial charge in [0.25, 0.3) is 5.91 Å². The molecular weight excluding hydrogens is 406 g/mol. The van der Waals surface area contributed by atoms with Crippen molar-refractivity contribution in [1.82, 2.24) is 15.1 Å². The summed E-state index contributed by atoms with van der Waals surface area (Å²) in [7, 11) is 3.96. The molecule has 1 heterocycles. The SMILES string of the molecule is CN(C)CCCNC(=O)C1CCCN1C(=O)c1ccc2c(c1)C(=O)c1ccccc1C2=O. The van der Waals surface area contributed by atoms with Crippen molar-refractivity contribution in [2.45, 2.75) is 25.3 Å². The van der Waals surface area contributed by atoms with Crippen molar-refractivity contribution in [1.29, 1.82) is 0 Å². The highest BCUT2D eigenvalue weighted by Crippen LogP contribution is 2.29. The minimum atomic E-state index is -0.518. The second-order valence-electron chi connectivity index (χ2n) is 8.57. The molecule has 0 radical (unpaired) electrons. The quantitative estimate of drug-likeness (QED) is 0.602. The molecule has 1 N–H and O–H groups in total. The summed E-state index contributed by atoms with van der Waals surface area (Å²) in [4.78, 5) is 55.3. The summed E-state index contributed by atoms with van der Waals surface area (Å²) >= 11 is 0. The molecule has 1 aliphatic heterocycles. The van der Waals surface area contributed by atoms with E-state index in [-0.39, 0.29) is 28.9 Å². The fourth-order valence-corrected chi connectivity index (χ4v) is 4.41. The molecule has 2 aromatic carbocycles. The Morgan fingerprint density at radius 2 is 1.66 bits per heavy atom. The van der Waals surface area contributed by atoms with Gasteiger partial charge in [0.15, 0.2) is 11.6 Å². The third-order valence-corrected chi connectivity index (χ3v) is 6.07. The van der Waals surface area contributed by atoms with Gasteiger partial charge in [0, 0.05) is 40.9 Å². The maximum absolute atomic E-state index is 13.2. The zero-order chi connectivity index (χ0) is 22.8. The van der Waals surface area contributed by atoms with Crippen LogP contribution in [0.25, 0.3) is 0 Å². The molecule has 2 amide bonds.